The van der Waals surface area contributed by atoms with Crippen molar-refractivity contribution < 1.29 is 9.59 Å². The van der Waals surface area contributed by atoms with Gasteiger partial charge in [0.2, 0.25) is 0 Å². The minimum atomic E-state index is -0.186. The molecule has 0 radical (unpaired) electrons. The van der Waals surface area contributed by atoms with Crippen LogP contribution in [-0.2, 0) is 0 Å². The maximum Gasteiger partial charge on any atom is 0.197 e. The molecular formula is C46H20N4O2S6. The number of hydrogen-bond donors (Lipinski definition) is 0. The normalized spacial score (nSPS) is 12.3. The van der Waals surface area contributed by atoms with Crippen LogP contribution < -0.4 is 18.1 Å². The number of ketones is 2. The molecule has 272 valence electrons. The van der Waals surface area contributed by atoms with Gasteiger partial charge in [0.1, 0.15) is 35.4 Å². The van der Waals surface area contributed by atoms with Gasteiger partial charge in [0, 0.05) is 38.3 Å². The molecule has 1 aliphatic carbocycles. The second-order valence-electron chi connectivity index (χ2n) is 12.7. The predicted octanol–water partition coefficient (Wildman–Crippen LogP) is 9.55. The number of carbonyl (C=O) groups excluding carboxylic acids is 2. The highest BCUT2D eigenvalue weighted by Gasteiger charge is 2.42. The van der Waals surface area contributed by atoms with Crippen LogP contribution in [0.1, 0.15) is 41.6 Å². The van der Waals surface area contributed by atoms with Crippen LogP contribution >= 0.6 is 68.0 Å². The van der Waals surface area contributed by atoms with Crippen molar-refractivity contribution in [3.63, 3.8) is 0 Å². The first-order chi connectivity index (χ1) is 28.4. The van der Waals surface area contributed by atoms with Gasteiger partial charge in [-0.15, -0.1) is 68.0 Å². The molecule has 1 aliphatic rings. The molecule has 0 fully saturated rings. The van der Waals surface area contributed by atoms with Crippen molar-refractivity contribution in [1.29, 1.82) is 21.0 Å². The Balaban J connectivity index is 1.24. The summed E-state index contributed by atoms with van der Waals surface area (Å²) >= 11 is 8.64. The third-order valence-corrected chi connectivity index (χ3v) is 16.3. The lowest BCUT2D eigenvalue weighted by Gasteiger charge is -2.16. The Morgan fingerprint density at radius 1 is 0.414 bits per heavy atom. The van der Waals surface area contributed by atoms with E-state index in [1.165, 1.54) is 68.0 Å². The quantitative estimate of drug-likeness (QED) is 0.164. The Morgan fingerprint density at radius 2 is 0.793 bits per heavy atom. The van der Waals surface area contributed by atoms with E-state index in [0.717, 1.165) is 59.2 Å². The zero-order valence-electron chi connectivity index (χ0n) is 29.6. The van der Waals surface area contributed by atoms with Crippen molar-refractivity contribution in [2.45, 2.75) is 0 Å². The van der Waals surface area contributed by atoms with Gasteiger partial charge in [-0.3, -0.25) is 9.59 Å². The standard InChI is InChI=1S/C46H20N4O2S6/c47-21-27(22-48)33-15-11-29(53-33)19-31-13-17-35(55-31)45-39-40(46(58-45)36-18-14-32(56-36)20-30-12-16-34(54-30)28(23-49)24-50)42(52)38-37(41(39)51)43(25-7-3-1-4-8-25)57-44(38)26-9-5-2-6-10-26/h1-20H/b29-19+,30-20+. The molecule has 0 saturated carbocycles. The van der Waals surface area contributed by atoms with Crippen molar-refractivity contribution in [3.8, 4) is 64.7 Å². The summed E-state index contributed by atoms with van der Waals surface area (Å²) < 4.78 is 2.96. The Bertz CT molecular complexity index is 3180. The monoisotopic (exact) mass is 852 g/mol. The summed E-state index contributed by atoms with van der Waals surface area (Å²) in [6.07, 6.45) is 3.98. The van der Waals surface area contributed by atoms with E-state index in [4.69, 9.17) is 0 Å². The maximum atomic E-state index is 15.3. The van der Waals surface area contributed by atoms with E-state index in [1.807, 2.05) is 133 Å². The Kier molecular flexibility index (Phi) is 9.83. The molecular weight excluding hydrogens is 833 g/mol. The number of nitriles is 4. The van der Waals surface area contributed by atoms with Crippen molar-refractivity contribution in [3.05, 3.63) is 159 Å². The summed E-state index contributed by atoms with van der Waals surface area (Å²) in [5, 5.41) is 37.4. The van der Waals surface area contributed by atoms with Crippen LogP contribution in [0.5, 0.6) is 0 Å². The zero-order chi connectivity index (χ0) is 39.9. The van der Waals surface area contributed by atoms with Crippen LogP contribution in [0.25, 0.3) is 63.7 Å². The first-order valence-corrected chi connectivity index (χ1v) is 22.3. The summed E-state index contributed by atoms with van der Waals surface area (Å²) in [4.78, 5) is 37.0. The third-order valence-electron chi connectivity index (χ3n) is 9.26. The van der Waals surface area contributed by atoms with E-state index in [9.17, 15) is 21.0 Å². The molecule has 8 aromatic rings. The molecule has 0 N–H and O–H groups in total. The van der Waals surface area contributed by atoms with Gasteiger partial charge in [-0.1, -0.05) is 60.7 Å². The van der Waals surface area contributed by atoms with Crippen LogP contribution in [0.3, 0.4) is 0 Å². The average Bonchev–Trinajstić information content (AvgIpc) is 4.11. The van der Waals surface area contributed by atoms with Gasteiger partial charge in [-0.25, -0.2) is 0 Å². The lowest BCUT2D eigenvalue weighted by Crippen LogP contribution is -2.20. The Morgan fingerprint density at radius 3 is 1.19 bits per heavy atom. The highest BCUT2D eigenvalue weighted by atomic mass is 32.1. The lowest BCUT2D eigenvalue weighted by molar-refractivity contribution is 0.0982. The fourth-order valence-corrected chi connectivity index (χ4v) is 13.4. The summed E-state index contributed by atoms with van der Waals surface area (Å²) in [6, 6.07) is 42.5. The summed E-state index contributed by atoms with van der Waals surface area (Å²) in [7, 11) is 0. The van der Waals surface area contributed by atoms with Crippen LogP contribution in [0, 0.1) is 45.3 Å². The van der Waals surface area contributed by atoms with Gasteiger partial charge in [-0.05, 0) is 71.8 Å². The summed E-state index contributed by atoms with van der Waals surface area (Å²) in [5.74, 6) is -0.373. The minimum Gasteiger partial charge on any atom is -0.288 e. The maximum absolute atomic E-state index is 15.3. The van der Waals surface area contributed by atoms with E-state index in [-0.39, 0.29) is 22.7 Å². The molecule has 9 rings (SSSR count). The predicted molar refractivity (Wildman–Crippen MR) is 237 cm³/mol. The van der Waals surface area contributed by atoms with Crippen LogP contribution in [0.2, 0.25) is 0 Å². The average molecular weight is 853 g/mol. The van der Waals surface area contributed by atoms with Crippen molar-refractivity contribution in [2.75, 3.05) is 0 Å². The zero-order valence-corrected chi connectivity index (χ0v) is 34.5. The highest BCUT2D eigenvalue weighted by molar-refractivity contribution is 7.27. The van der Waals surface area contributed by atoms with Gasteiger partial charge in [0.15, 0.2) is 11.6 Å². The third kappa shape index (κ3) is 6.51. The van der Waals surface area contributed by atoms with E-state index in [1.54, 1.807) is 12.1 Å². The Hall–Kier alpha value is -6.58. The number of fused-ring (bicyclic) bond motifs is 2. The second-order valence-corrected chi connectivity index (χ2v) is 19.2. The molecule has 0 saturated heterocycles. The first-order valence-electron chi connectivity index (χ1n) is 17.4. The van der Waals surface area contributed by atoms with Crippen molar-refractivity contribution in [1.82, 2.24) is 0 Å². The molecule has 2 aromatic carbocycles. The van der Waals surface area contributed by atoms with Crippen molar-refractivity contribution >= 4 is 103 Å². The van der Waals surface area contributed by atoms with E-state index in [0.29, 0.717) is 31.3 Å². The van der Waals surface area contributed by atoms with Gasteiger partial charge < -0.3 is 0 Å². The Labute approximate surface area is 354 Å². The minimum absolute atomic E-state index is 0.0654. The topological polar surface area (TPSA) is 129 Å². The molecule has 0 spiro atoms. The van der Waals surface area contributed by atoms with Crippen LogP contribution in [0.4, 0.5) is 0 Å². The number of benzene rings is 2. The number of carbonyl (C=O) groups is 2. The first kappa shape index (κ1) is 37.0. The fraction of sp³-hybridized carbons (Fsp3) is 0. The van der Waals surface area contributed by atoms with Crippen molar-refractivity contribution in [2.24, 2.45) is 0 Å². The number of thiophene rings is 6. The molecule has 6 aromatic heterocycles. The lowest BCUT2D eigenvalue weighted by atomic mass is 9.82. The van der Waals surface area contributed by atoms with Gasteiger partial charge in [0.05, 0.1) is 41.1 Å². The molecule has 0 unspecified atom stereocenters. The van der Waals surface area contributed by atoms with Gasteiger partial charge in [0.25, 0.3) is 0 Å². The summed E-state index contributed by atoms with van der Waals surface area (Å²) in [5.41, 5.74) is 3.52. The molecule has 0 atom stereocenters. The molecule has 0 amide bonds. The van der Waals surface area contributed by atoms with Gasteiger partial charge in [-0.2, -0.15) is 21.0 Å². The van der Waals surface area contributed by atoms with E-state index < -0.39 is 0 Å². The van der Waals surface area contributed by atoms with Gasteiger partial charge >= 0.3 is 0 Å². The summed E-state index contributed by atoms with van der Waals surface area (Å²) in [6.45, 7) is 0. The second kappa shape index (κ2) is 15.4. The smallest absolute Gasteiger partial charge is 0.197 e. The van der Waals surface area contributed by atoms with Crippen LogP contribution in [0.15, 0.2) is 109 Å². The molecule has 12 heteroatoms. The van der Waals surface area contributed by atoms with E-state index in [2.05, 4.69) is 0 Å². The molecule has 58 heavy (non-hydrogen) atoms. The molecule has 6 nitrogen and oxygen atoms in total. The van der Waals surface area contributed by atoms with E-state index >= 15 is 9.59 Å². The van der Waals surface area contributed by atoms with Crippen LogP contribution in [-0.4, -0.2) is 11.6 Å². The number of rotatable bonds is 6. The largest absolute Gasteiger partial charge is 0.288 e. The number of hydrogen-bond acceptors (Lipinski definition) is 12. The fourth-order valence-electron chi connectivity index (χ4n) is 6.70. The SMILES string of the molecule is N#CC(C#N)=c1cc/c(=C\c2ccc(-c3sc(-c4ccc(/C=c5\ccc(=C(C#N)C#N)s5)s4)c4c3C(=O)c3c(-c5ccccc5)sc(-c5ccccc5)c3C4=O)s2)s1. The number of nitrogens with zero attached hydrogens (tertiary/aromatic N) is 4. The highest BCUT2D eigenvalue weighted by Crippen LogP contribution is 2.54. The molecule has 0 bridgehead atoms. The molecule has 6 heterocycles. The molecule has 0 aliphatic heterocycles.